The van der Waals surface area contributed by atoms with Gasteiger partial charge in [-0.2, -0.15) is 0 Å². The standard InChI is InChI=1S/C16H25ClOSi/c1-13(16(17)19(2,3)4)12-15(18)11-10-14-8-6-5-7-9-14/h5-9,15-16,18H,1,10-12H2,2-4H3. The van der Waals surface area contributed by atoms with Crippen molar-refractivity contribution in [2.45, 2.75) is 50.0 Å². The van der Waals surface area contributed by atoms with Crippen molar-refractivity contribution in [2.24, 2.45) is 0 Å². The van der Waals surface area contributed by atoms with Crippen molar-refractivity contribution in [3.63, 3.8) is 0 Å². The molecule has 106 valence electrons. The number of aryl methyl sites for hydroxylation is 1. The van der Waals surface area contributed by atoms with Crippen molar-refractivity contribution in [3.8, 4) is 0 Å². The summed E-state index contributed by atoms with van der Waals surface area (Å²) in [5, 5.41) is 10.1. The summed E-state index contributed by atoms with van der Waals surface area (Å²) < 4.78 is 0. The van der Waals surface area contributed by atoms with Crippen molar-refractivity contribution < 1.29 is 5.11 Å². The van der Waals surface area contributed by atoms with Crippen LogP contribution in [0.3, 0.4) is 0 Å². The predicted molar refractivity (Wildman–Crippen MR) is 87.5 cm³/mol. The summed E-state index contributed by atoms with van der Waals surface area (Å²) >= 11 is 6.42. The lowest BCUT2D eigenvalue weighted by atomic mass is 10.0. The molecule has 0 bridgehead atoms. The van der Waals surface area contributed by atoms with E-state index in [1.807, 2.05) is 18.2 Å². The number of aliphatic hydroxyl groups is 1. The molecule has 2 atom stereocenters. The molecule has 0 aliphatic heterocycles. The monoisotopic (exact) mass is 296 g/mol. The van der Waals surface area contributed by atoms with Crippen LogP contribution in [-0.4, -0.2) is 24.3 Å². The fourth-order valence-corrected chi connectivity index (χ4v) is 3.53. The molecule has 3 heteroatoms. The van der Waals surface area contributed by atoms with E-state index in [1.54, 1.807) is 0 Å². The molecule has 1 nitrogen and oxygen atoms in total. The van der Waals surface area contributed by atoms with Gasteiger partial charge in [0, 0.05) is 5.00 Å². The Labute approximate surface area is 123 Å². The van der Waals surface area contributed by atoms with Crippen LogP contribution in [0.1, 0.15) is 18.4 Å². The molecule has 0 fully saturated rings. The molecule has 1 aromatic carbocycles. The maximum absolute atomic E-state index is 10.1. The Morgan fingerprint density at radius 1 is 1.26 bits per heavy atom. The number of alkyl halides is 1. The molecular formula is C16H25ClOSi. The topological polar surface area (TPSA) is 20.2 Å². The van der Waals surface area contributed by atoms with Gasteiger partial charge in [-0.25, -0.2) is 0 Å². The Kier molecular flexibility index (Phi) is 6.31. The van der Waals surface area contributed by atoms with E-state index in [-0.39, 0.29) is 11.1 Å². The van der Waals surface area contributed by atoms with E-state index in [4.69, 9.17) is 11.6 Å². The first-order chi connectivity index (χ1) is 8.80. The molecule has 0 aliphatic carbocycles. The van der Waals surface area contributed by atoms with Gasteiger partial charge in [0.15, 0.2) is 0 Å². The van der Waals surface area contributed by atoms with Gasteiger partial charge in [-0.1, -0.05) is 62.1 Å². The van der Waals surface area contributed by atoms with E-state index in [0.29, 0.717) is 6.42 Å². The zero-order chi connectivity index (χ0) is 14.5. The van der Waals surface area contributed by atoms with Gasteiger partial charge in [-0.15, -0.1) is 11.6 Å². The average Bonchev–Trinajstić information content (AvgIpc) is 2.35. The maximum atomic E-state index is 10.1. The van der Waals surface area contributed by atoms with Gasteiger partial charge in [0.1, 0.15) is 0 Å². The molecule has 0 radical (unpaired) electrons. The third kappa shape index (κ3) is 5.94. The first kappa shape index (κ1) is 16.5. The second kappa shape index (κ2) is 7.27. The van der Waals surface area contributed by atoms with Crippen molar-refractivity contribution in [3.05, 3.63) is 48.0 Å². The highest BCUT2D eigenvalue weighted by Gasteiger charge is 2.27. The van der Waals surface area contributed by atoms with Gasteiger partial charge in [-0.05, 0) is 24.8 Å². The molecule has 0 saturated carbocycles. The van der Waals surface area contributed by atoms with Crippen LogP contribution in [0.15, 0.2) is 42.5 Å². The molecule has 19 heavy (non-hydrogen) atoms. The van der Waals surface area contributed by atoms with Crippen molar-refractivity contribution >= 4 is 19.7 Å². The predicted octanol–water partition coefficient (Wildman–Crippen LogP) is 4.41. The van der Waals surface area contributed by atoms with Gasteiger partial charge >= 0.3 is 0 Å². The minimum absolute atomic E-state index is 0.0406. The molecule has 0 aromatic heterocycles. The van der Waals surface area contributed by atoms with E-state index in [1.165, 1.54) is 5.56 Å². The van der Waals surface area contributed by atoms with E-state index >= 15 is 0 Å². The van der Waals surface area contributed by atoms with Gasteiger partial charge < -0.3 is 5.11 Å². The van der Waals surface area contributed by atoms with Gasteiger partial charge in [0.2, 0.25) is 0 Å². The Balaban J connectivity index is 2.39. The number of rotatable bonds is 7. The third-order valence-corrected chi connectivity index (χ3v) is 7.43. The quantitative estimate of drug-likeness (QED) is 0.449. The van der Waals surface area contributed by atoms with Crippen molar-refractivity contribution in [1.82, 2.24) is 0 Å². The normalized spacial score (nSPS) is 15.0. The highest BCUT2D eigenvalue weighted by molar-refractivity contribution is 6.84. The fraction of sp³-hybridized carbons (Fsp3) is 0.500. The van der Waals surface area contributed by atoms with Crippen LogP contribution in [0.25, 0.3) is 0 Å². The van der Waals surface area contributed by atoms with Crippen molar-refractivity contribution in [2.75, 3.05) is 0 Å². The first-order valence-electron chi connectivity index (χ1n) is 6.84. The molecule has 0 aliphatic rings. The van der Waals surface area contributed by atoms with Crippen LogP contribution < -0.4 is 0 Å². The molecule has 0 amide bonds. The summed E-state index contributed by atoms with van der Waals surface area (Å²) in [5.41, 5.74) is 2.25. The van der Waals surface area contributed by atoms with Crippen LogP contribution in [0.4, 0.5) is 0 Å². The second-order valence-corrected chi connectivity index (χ2v) is 12.4. The summed E-state index contributed by atoms with van der Waals surface area (Å²) in [6.45, 7) is 10.7. The Morgan fingerprint density at radius 2 is 1.84 bits per heavy atom. The lowest BCUT2D eigenvalue weighted by Crippen LogP contribution is -2.36. The SMILES string of the molecule is C=C(CC(O)CCc1ccccc1)C(Cl)[Si](C)(C)C. The van der Waals surface area contributed by atoms with Crippen LogP contribution in [0, 0.1) is 0 Å². The smallest absolute Gasteiger partial charge is 0.0700 e. The zero-order valence-electron chi connectivity index (χ0n) is 12.2. The van der Waals surface area contributed by atoms with Crippen LogP contribution >= 0.6 is 11.6 Å². The number of aliphatic hydroxyl groups excluding tert-OH is 1. The summed E-state index contributed by atoms with van der Waals surface area (Å²) in [4.78, 5) is 0. The second-order valence-electron chi connectivity index (χ2n) is 6.27. The summed E-state index contributed by atoms with van der Waals surface area (Å²) in [5.74, 6) is 0. The zero-order valence-corrected chi connectivity index (χ0v) is 14.0. The molecule has 2 unspecified atom stereocenters. The van der Waals surface area contributed by atoms with Crippen molar-refractivity contribution in [1.29, 1.82) is 0 Å². The summed E-state index contributed by atoms with van der Waals surface area (Å²) in [6, 6.07) is 10.2. The average molecular weight is 297 g/mol. The maximum Gasteiger partial charge on any atom is 0.0700 e. The first-order valence-corrected chi connectivity index (χ1v) is 10.9. The van der Waals surface area contributed by atoms with E-state index in [9.17, 15) is 5.11 Å². The lowest BCUT2D eigenvalue weighted by molar-refractivity contribution is 0.165. The van der Waals surface area contributed by atoms with E-state index in [0.717, 1.165) is 18.4 Å². The Morgan fingerprint density at radius 3 is 2.37 bits per heavy atom. The molecule has 0 spiro atoms. The molecule has 1 rings (SSSR count). The minimum Gasteiger partial charge on any atom is -0.393 e. The number of hydrogen-bond acceptors (Lipinski definition) is 1. The largest absolute Gasteiger partial charge is 0.393 e. The van der Waals surface area contributed by atoms with Crippen LogP contribution in [0.5, 0.6) is 0 Å². The number of hydrogen-bond donors (Lipinski definition) is 1. The molecule has 0 saturated heterocycles. The lowest BCUT2D eigenvalue weighted by Gasteiger charge is -2.26. The summed E-state index contributed by atoms with van der Waals surface area (Å²) in [6.07, 6.45) is 1.93. The van der Waals surface area contributed by atoms with Crippen LogP contribution in [0.2, 0.25) is 19.6 Å². The van der Waals surface area contributed by atoms with Gasteiger partial charge in [0.05, 0.1) is 14.2 Å². The van der Waals surface area contributed by atoms with Crippen LogP contribution in [-0.2, 0) is 6.42 Å². The fourth-order valence-electron chi connectivity index (χ4n) is 2.10. The molecule has 0 heterocycles. The van der Waals surface area contributed by atoms with Gasteiger partial charge in [-0.3, -0.25) is 0 Å². The number of halogens is 1. The Hall–Kier alpha value is -0.573. The highest BCUT2D eigenvalue weighted by Crippen LogP contribution is 2.24. The van der Waals surface area contributed by atoms with E-state index < -0.39 is 8.07 Å². The Bertz CT molecular complexity index is 397. The minimum atomic E-state index is -1.42. The molecular weight excluding hydrogens is 272 g/mol. The van der Waals surface area contributed by atoms with E-state index in [2.05, 4.69) is 38.4 Å². The highest BCUT2D eigenvalue weighted by atomic mass is 35.5. The number of benzene rings is 1. The molecule has 1 aromatic rings. The molecule has 1 N–H and O–H groups in total. The third-order valence-electron chi connectivity index (χ3n) is 3.23. The van der Waals surface area contributed by atoms with Gasteiger partial charge in [0.25, 0.3) is 0 Å². The summed E-state index contributed by atoms with van der Waals surface area (Å²) in [7, 11) is -1.42.